The molecule has 0 radical (unpaired) electrons. The topological polar surface area (TPSA) is 49.9 Å². The van der Waals surface area contributed by atoms with E-state index in [4.69, 9.17) is 4.74 Å². The molecular formula is C21H27FN2O3. The van der Waals surface area contributed by atoms with Gasteiger partial charge in [-0.15, -0.1) is 0 Å². The van der Waals surface area contributed by atoms with Crippen molar-refractivity contribution in [2.75, 3.05) is 26.2 Å². The van der Waals surface area contributed by atoms with Crippen LogP contribution >= 0.6 is 0 Å². The Morgan fingerprint density at radius 2 is 1.89 bits per heavy atom. The van der Waals surface area contributed by atoms with E-state index in [0.717, 1.165) is 38.6 Å². The predicted molar refractivity (Wildman–Crippen MR) is 98.3 cm³/mol. The summed E-state index contributed by atoms with van der Waals surface area (Å²) in [7, 11) is 0. The molecule has 1 saturated carbocycles. The number of ether oxygens (including phenoxy) is 1. The lowest BCUT2D eigenvalue weighted by atomic mass is 9.84. The fraction of sp³-hybridized carbons (Fsp3) is 0.619. The van der Waals surface area contributed by atoms with Crippen molar-refractivity contribution in [1.82, 2.24) is 9.80 Å². The Hall–Kier alpha value is -1.95. The minimum absolute atomic E-state index is 0.0653. The van der Waals surface area contributed by atoms with Gasteiger partial charge in [-0.1, -0.05) is 18.2 Å². The van der Waals surface area contributed by atoms with Crippen molar-refractivity contribution in [3.63, 3.8) is 0 Å². The average Bonchev–Trinajstić information content (AvgIpc) is 3.17. The molecule has 0 bridgehead atoms. The molecule has 1 spiro atoms. The predicted octanol–water partition coefficient (Wildman–Crippen LogP) is 2.74. The molecular weight excluding hydrogens is 347 g/mol. The maximum absolute atomic E-state index is 13.9. The molecule has 1 aromatic carbocycles. The van der Waals surface area contributed by atoms with Crippen LogP contribution in [0.1, 0.15) is 44.1 Å². The fourth-order valence-electron chi connectivity index (χ4n) is 4.87. The molecule has 1 aromatic rings. The molecule has 1 unspecified atom stereocenters. The smallest absolute Gasteiger partial charge is 0.307 e. The minimum Gasteiger partial charge on any atom is -0.458 e. The Labute approximate surface area is 159 Å². The third-order valence-corrected chi connectivity index (χ3v) is 6.32. The lowest BCUT2D eigenvalue weighted by molar-refractivity contribution is -0.151. The zero-order valence-corrected chi connectivity index (χ0v) is 15.7. The van der Waals surface area contributed by atoms with E-state index in [-0.39, 0.29) is 30.0 Å². The molecule has 1 atom stereocenters. The SMILES string of the molecule is O=C1CC(C(=O)N2CCCN(Cc3ccccc3F)CC2)C2(CCCC2)O1. The van der Waals surface area contributed by atoms with Gasteiger partial charge in [-0.05, 0) is 38.2 Å². The summed E-state index contributed by atoms with van der Waals surface area (Å²) < 4.78 is 19.6. The van der Waals surface area contributed by atoms with Gasteiger partial charge in [-0.2, -0.15) is 0 Å². The van der Waals surface area contributed by atoms with E-state index < -0.39 is 5.60 Å². The number of amides is 1. The molecule has 1 amide bonds. The molecule has 3 fully saturated rings. The number of halogens is 1. The second-order valence-electron chi connectivity index (χ2n) is 8.05. The second kappa shape index (κ2) is 7.58. The summed E-state index contributed by atoms with van der Waals surface area (Å²) in [6.07, 6.45) is 4.73. The number of esters is 1. The lowest BCUT2D eigenvalue weighted by Gasteiger charge is -2.32. The quantitative estimate of drug-likeness (QED) is 0.764. The fourth-order valence-corrected chi connectivity index (χ4v) is 4.87. The van der Waals surface area contributed by atoms with Crippen LogP contribution in [0.25, 0.3) is 0 Å². The third-order valence-electron chi connectivity index (χ3n) is 6.32. The Morgan fingerprint density at radius 3 is 2.67 bits per heavy atom. The minimum atomic E-state index is -0.548. The Balaban J connectivity index is 1.40. The summed E-state index contributed by atoms with van der Waals surface area (Å²) in [4.78, 5) is 29.2. The molecule has 2 heterocycles. The first-order chi connectivity index (χ1) is 13.1. The van der Waals surface area contributed by atoms with Gasteiger partial charge in [0.05, 0.1) is 12.3 Å². The number of carbonyl (C=O) groups is 2. The highest BCUT2D eigenvalue weighted by molar-refractivity contribution is 5.88. The molecule has 4 rings (SSSR count). The zero-order valence-electron chi connectivity index (χ0n) is 15.7. The van der Waals surface area contributed by atoms with E-state index in [1.165, 1.54) is 6.07 Å². The van der Waals surface area contributed by atoms with E-state index in [9.17, 15) is 14.0 Å². The Morgan fingerprint density at radius 1 is 1.11 bits per heavy atom. The maximum atomic E-state index is 13.9. The van der Waals surface area contributed by atoms with Crippen LogP contribution in [0.5, 0.6) is 0 Å². The van der Waals surface area contributed by atoms with Gasteiger partial charge in [0.2, 0.25) is 5.91 Å². The van der Waals surface area contributed by atoms with Crippen LogP contribution in [-0.4, -0.2) is 53.5 Å². The molecule has 5 nitrogen and oxygen atoms in total. The van der Waals surface area contributed by atoms with E-state index in [0.29, 0.717) is 31.7 Å². The monoisotopic (exact) mass is 374 g/mol. The van der Waals surface area contributed by atoms with Gasteiger partial charge in [0.1, 0.15) is 11.4 Å². The first kappa shape index (κ1) is 18.4. The highest BCUT2D eigenvalue weighted by atomic mass is 19.1. The number of benzene rings is 1. The van der Waals surface area contributed by atoms with Crippen molar-refractivity contribution in [3.05, 3.63) is 35.6 Å². The lowest BCUT2D eigenvalue weighted by Crippen LogP contribution is -2.46. The van der Waals surface area contributed by atoms with Gasteiger partial charge >= 0.3 is 5.97 Å². The van der Waals surface area contributed by atoms with Crippen molar-refractivity contribution >= 4 is 11.9 Å². The van der Waals surface area contributed by atoms with Gasteiger partial charge in [0.15, 0.2) is 0 Å². The third kappa shape index (κ3) is 3.72. The van der Waals surface area contributed by atoms with Crippen LogP contribution in [0.2, 0.25) is 0 Å². The van der Waals surface area contributed by atoms with Crippen molar-refractivity contribution in [3.8, 4) is 0 Å². The van der Waals surface area contributed by atoms with E-state index in [2.05, 4.69) is 4.90 Å². The second-order valence-corrected chi connectivity index (χ2v) is 8.05. The molecule has 1 aliphatic carbocycles. The number of hydrogen-bond acceptors (Lipinski definition) is 4. The summed E-state index contributed by atoms with van der Waals surface area (Å²) in [5, 5.41) is 0. The average molecular weight is 374 g/mol. The number of nitrogens with zero attached hydrogens (tertiary/aromatic N) is 2. The standard InChI is InChI=1S/C21H27FN2O3/c22-18-7-2-1-6-16(18)15-23-10-5-11-24(13-12-23)20(26)17-14-19(25)27-21(17)8-3-4-9-21/h1-2,6-7,17H,3-5,8-15H2. The molecule has 2 saturated heterocycles. The Kier molecular flexibility index (Phi) is 5.17. The molecule has 6 heteroatoms. The molecule has 2 aliphatic heterocycles. The van der Waals surface area contributed by atoms with Gasteiger partial charge in [0, 0.05) is 38.3 Å². The summed E-state index contributed by atoms with van der Waals surface area (Å²) >= 11 is 0. The first-order valence-electron chi connectivity index (χ1n) is 10.0. The van der Waals surface area contributed by atoms with Gasteiger partial charge in [-0.3, -0.25) is 14.5 Å². The van der Waals surface area contributed by atoms with Crippen LogP contribution in [0.15, 0.2) is 24.3 Å². The molecule has 27 heavy (non-hydrogen) atoms. The summed E-state index contributed by atoms with van der Waals surface area (Å²) in [6, 6.07) is 6.85. The molecule has 0 aromatic heterocycles. The molecule has 3 aliphatic rings. The van der Waals surface area contributed by atoms with Crippen molar-refractivity contribution in [2.45, 2.75) is 50.7 Å². The normalized spacial score (nSPS) is 25.6. The number of carbonyl (C=O) groups excluding carboxylic acids is 2. The highest BCUT2D eigenvalue weighted by Gasteiger charge is 2.54. The molecule has 0 N–H and O–H groups in total. The van der Waals surface area contributed by atoms with Gasteiger partial charge < -0.3 is 9.64 Å². The van der Waals surface area contributed by atoms with E-state index >= 15 is 0 Å². The summed E-state index contributed by atoms with van der Waals surface area (Å²) in [5.41, 5.74) is 0.143. The van der Waals surface area contributed by atoms with Gasteiger partial charge in [-0.25, -0.2) is 4.39 Å². The Bertz CT molecular complexity index is 717. The first-order valence-corrected chi connectivity index (χ1v) is 10.0. The van der Waals surface area contributed by atoms with Crippen molar-refractivity contribution in [1.29, 1.82) is 0 Å². The number of rotatable bonds is 3. The van der Waals surface area contributed by atoms with Gasteiger partial charge in [0.25, 0.3) is 0 Å². The highest BCUT2D eigenvalue weighted by Crippen LogP contribution is 2.46. The van der Waals surface area contributed by atoms with E-state index in [1.807, 2.05) is 17.0 Å². The maximum Gasteiger partial charge on any atom is 0.307 e. The molecule has 146 valence electrons. The summed E-state index contributed by atoms with van der Waals surface area (Å²) in [5.74, 6) is -0.674. The van der Waals surface area contributed by atoms with Crippen LogP contribution in [0.3, 0.4) is 0 Å². The van der Waals surface area contributed by atoms with E-state index in [1.54, 1.807) is 6.07 Å². The van der Waals surface area contributed by atoms with Crippen LogP contribution in [0, 0.1) is 11.7 Å². The summed E-state index contributed by atoms with van der Waals surface area (Å²) in [6.45, 7) is 3.42. The largest absolute Gasteiger partial charge is 0.458 e. The van der Waals surface area contributed by atoms with Crippen molar-refractivity contribution in [2.24, 2.45) is 5.92 Å². The van der Waals surface area contributed by atoms with Crippen molar-refractivity contribution < 1.29 is 18.7 Å². The van der Waals surface area contributed by atoms with Crippen LogP contribution < -0.4 is 0 Å². The number of hydrogen-bond donors (Lipinski definition) is 0. The van der Waals surface area contributed by atoms with Crippen LogP contribution in [-0.2, 0) is 20.9 Å². The van der Waals surface area contributed by atoms with Crippen LogP contribution in [0.4, 0.5) is 4.39 Å². The zero-order chi connectivity index (χ0) is 18.9.